The lowest BCUT2D eigenvalue weighted by molar-refractivity contribution is 0.660. The molecule has 0 aliphatic heterocycles. The quantitative estimate of drug-likeness (QED) is 0.877. The van der Waals surface area contributed by atoms with Gasteiger partial charge < -0.3 is 4.98 Å². The van der Waals surface area contributed by atoms with Crippen molar-refractivity contribution in [1.82, 2.24) is 19.7 Å². The number of hydrogen-bond donors (Lipinski definition) is 1. The van der Waals surface area contributed by atoms with Crippen LogP contribution in [0.15, 0.2) is 23.5 Å². The maximum absolute atomic E-state index is 11.8. The van der Waals surface area contributed by atoms with E-state index in [4.69, 9.17) is 0 Å². The van der Waals surface area contributed by atoms with E-state index in [0.717, 1.165) is 17.8 Å². The predicted octanol–water partition coefficient (Wildman–Crippen LogP) is 1.78. The van der Waals surface area contributed by atoms with Gasteiger partial charge in [0, 0.05) is 23.9 Å². The van der Waals surface area contributed by atoms with Crippen LogP contribution in [0.3, 0.4) is 0 Å². The molecule has 0 bridgehead atoms. The number of rotatable bonds is 3. The van der Waals surface area contributed by atoms with Gasteiger partial charge in [0.25, 0.3) is 5.56 Å². The Balaban J connectivity index is 2.58. The van der Waals surface area contributed by atoms with Crippen molar-refractivity contribution in [2.75, 3.05) is 0 Å². The van der Waals surface area contributed by atoms with Crippen LogP contribution in [0.2, 0.25) is 0 Å². The highest BCUT2D eigenvalue weighted by Crippen LogP contribution is 2.23. The molecule has 90 valence electrons. The van der Waals surface area contributed by atoms with Crippen LogP contribution in [0.25, 0.3) is 11.3 Å². The molecule has 0 radical (unpaired) electrons. The minimum absolute atomic E-state index is 0.0748. The lowest BCUT2D eigenvalue weighted by Crippen LogP contribution is -2.16. The van der Waals surface area contributed by atoms with Gasteiger partial charge in [-0.25, -0.2) is 4.98 Å². The Labute approximate surface area is 99.5 Å². The minimum Gasteiger partial charge on any atom is -0.313 e. The highest BCUT2D eigenvalue weighted by atomic mass is 16.1. The lowest BCUT2D eigenvalue weighted by atomic mass is 10.0. The van der Waals surface area contributed by atoms with Gasteiger partial charge in [0.2, 0.25) is 0 Å². The molecule has 0 aliphatic rings. The number of hydrogen-bond acceptors (Lipinski definition) is 3. The zero-order valence-corrected chi connectivity index (χ0v) is 10.3. The third-order valence-corrected chi connectivity index (χ3v) is 2.70. The van der Waals surface area contributed by atoms with Crippen LogP contribution in [0.5, 0.6) is 0 Å². The van der Waals surface area contributed by atoms with Crippen LogP contribution in [-0.2, 0) is 6.54 Å². The van der Waals surface area contributed by atoms with E-state index < -0.39 is 0 Å². The average Bonchev–Trinajstić information content (AvgIpc) is 2.76. The van der Waals surface area contributed by atoms with E-state index in [0.29, 0.717) is 5.56 Å². The maximum Gasteiger partial charge on any atom is 0.254 e. The molecule has 1 N–H and O–H groups in total. The molecule has 0 fully saturated rings. The van der Waals surface area contributed by atoms with Crippen LogP contribution in [0, 0.1) is 0 Å². The van der Waals surface area contributed by atoms with Gasteiger partial charge in [0.15, 0.2) is 0 Å². The van der Waals surface area contributed by atoms with Crippen LogP contribution >= 0.6 is 0 Å². The first kappa shape index (κ1) is 11.6. The molecule has 0 spiro atoms. The fraction of sp³-hybridized carbons (Fsp3) is 0.417. The summed E-state index contributed by atoms with van der Waals surface area (Å²) in [6.07, 6.45) is 5.09. The van der Waals surface area contributed by atoms with Crippen molar-refractivity contribution in [2.45, 2.75) is 33.2 Å². The van der Waals surface area contributed by atoms with Gasteiger partial charge in [-0.05, 0) is 12.8 Å². The van der Waals surface area contributed by atoms with Gasteiger partial charge in [-0.15, -0.1) is 0 Å². The van der Waals surface area contributed by atoms with Gasteiger partial charge in [-0.1, -0.05) is 13.8 Å². The summed E-state index contributed by atoms with van der Waals surface area (Å²) in [6.45, 7) is 6.80. The molecule has 2 rings (SSSR count). The first-order valence-electron chi connectivity index (χ1n) is 5.74. The van der Waals surface area contributed by atoms with Crippen molar-refractivity contribution in [1.29, 1.82) is 0 Å². The summed E-state index contributed by atoms with van der Waals surface area (Å²) in [5.41, 5.74) is 2.25. The molecule has 0 saturated heterocycles. The Morgan fingerprint density at radius 1 is 1.47 bits per heavy atom. The Morgan fingerprint density at radius 2 is 2.24 bits per heavy atom. The van der Waals surface area contributed by atoms with Crippen LogP contribution < -0.4 is 5.56 Å². The summed E-state index contributed by atoms with van der Waals surface area (Å²) in [4.78, 5) is 18.7. The van der Waals surface area contributed by atoms with Gasteiger partial charge >= 0.3 is 0 Å². The Bertz CT molecular complexity index is 568. The second-order valence-corrected chi connectivity index (χ2v) is 4.23. The van der Waals surface area contributed by atoms with E-state index in [1.165, 1.54) is 6.33 Å². The SMILES string of the molecule is CCn1cc(-c2nc[nH]c(=O)c2C(C)C)cn1. The van der Waals surface area contributed by atoms with Crippen molar-refractivity contribution in [3.63, 3.8) is 0 Å². The molecule has 0 amide bonds. The molecule has 0 unspecified atom stereocenters. The van der Waals surface area contributed by atoms with Gasteiger partial charge in [-0.3, -0.25) is 9.48 Å². The molecule has 2 aromatic rings. The Kier molecular flexibility index (Phi) is 3.08. The Morgan fingerprint density at radius 3 is 2.82 bits per heavy atom. The summed E-state index contributed by atoms with van der Waals surface area (Å²) < 4.78 is 1.82. The van der Waals surface area contributed by atoms with Crippen molar-refractivity contribution < 1.29 is 0 Å². The number of nitrogens with zero attached hydrogens (tertiary/aromatic N) is 3. The smallest absolute Gasteiger partial charge is 0.254 e. The molecule has 5 nitrogen and oxygen atoms in total. The molecular weight excluding hydrogens is 216 g/mol. The standard InChI is InChI=1S/C12H16N4O/c1-4-16-6-9(5-15-16)11-10(8(2)3)12(17)14-7-13-11/h5-8H,4H2,1-3H3,(H,13,14,17). The largest absolute Gasteiger partial charge is 0.313 e. The summed E-state index contributed by atoms with van der Waals surface area (Å²) in [6, 6.07) is 0. The van der Waals surface area contributed by atoms with E-state index in [2.05, 4.69) is 15.1 Å². The van der Waals surface area contributed by atoms with Crippen molar-refractivity contribution in [3.8, 4) is 11.3 Å². The third kappa shape index (κ3) is 2.13. The van der Waals surface area contributed by atoms with E-state index in [9.17, 15) is 4.79 Å². The highest BCUT2D eigenvalue weighted by Gasteiger charge is 2.15. The van der Waals surface area contributed by atoms with E-state index in [1.807, 2.05) is 31.6 Å². The molecular formula is C12H16N4O. The zero-order chi connectivity index (χ0) is 12.4. The van der Waals surface area contributed by atoms with Crippen molar-refractivity contribution in [3.05, 3.63) is 34.6 Å². The second-order valence-electron chi connectivity index (χ2n) is 4.23. The summed E-state index contributed by atoms with van der Waals surface area (Å²) in [7, 11) is 0. The maximum atomic E-state index is 11.8. The monoisotopic (exact) mass is 232 g/mol. The predicted molar refractivity (Wildman–Crippen MR) is 65.8 cm³/mol. The number of nitrogens with one attached hydrogen (secondary N) is 1. The lowest BCUT2D eigenvalue weighted by Gasteiger charge is -2.08. The zero-order valence-electron chi connectivity index (χ0n) is 10.3. The molecule has 17 heavy (non-hydrogen) atoms. The van der Waals surface area contributed by atoms with Crippen LogP contribution in [0.1, 0.15) is 32.3 Å². The summed E-state index contributed by atoms with van der Waals surface area (Å²) in [5.74, 6) is 0.132. The van der Waals surface area contributed by atoms with Gasteiger partial charge in [-0.2, -0.15) is 5.10 Å². The van der Waals surface area contributed by atoms with E-state index in [-0.39, 0.29) is 11.5 Å². The van der Waals surface area contributed by atoms with E-state index in [1.54, 1.807) is 6.20 Å². The Hall–Kier alpha value is -1.91. The topological polar surface area (TPSA) is 63.6 Å². The minimum atomic E-state index is -0.0748. The fourth-order valence-electron chi connectivity index (χ4n) is 1.83. The molecule has 0 aromatic carbocycles. The first-order chi connectivity index (χ1) is 8.13. The highest BCUT2D eigenvalue weighted by molar-refractivity contribution is 5.61. The van der Waals surface area contributed by atoms with Crippen molar-refractivity contribution in [2.24, 2.45) is 0 Å². The fourth-order valence-corrected chi connectivity index (χ4v) is 1.83. The summed E-state index contributed by atoms with van der Waals surface area (Å²) in [5, 5.41) is 4.21. The van der Waals surface area contributed by atoms with Gasteiger partial charge in [0.05, 0.1) is 18.2 Å². The number of aromatic nitrogens is 4. The van der Waals surface area contributed by atoms with Crippen LogP contribution in [0.4, 0.5) is 0 Å². The molecule has 5 heteroatoms. The first-order valence-corrected chi connectivity index (χ1v) is 5.74. The average molecular weight is 232 g/mol. The third-order valence-electron chi connectivity index (χ3n) is 2.70. The van der Waals surface area contributed by atoms with Gasteiger partial charge in [0.1, 0.15) is 0 Å². The second kappa shape index (κ2) is 4.53. The van der Waals surface area contributed by atoms with E-state index >= 15 is 0 Å². The molecule has 0 atom stereocenters. The number of aromatic amines is 1. The normalized spacial score (nSPS) is 11.1. The molecule has 0 saturated carbocycles. The number of aryl methyl sites for hydroxylation is 1. The van der Waals surface area contributed by atoms with Crippen molar-refractivity contribution >= 4 is 0 Å². The summed E-state index contributed by atoms with van der Waals surface area (Å²) >= 11 is 0. The molecule has 2 aromatic heterocycles. The number of H-pyrrole nitrogens is 1. The van der Waals surface area contributed by atoms with Crippen LogP contribution in [-0.4, -0.2) is 19.7 Å². The molecule has 0 aliphatic carbocycles. The molecule has 2 heterocycles.